The highest BCUT2D eigenvalue weighted by atomic mass is 35.5. The van der Waals surface area contributed by atoms with E-state index in [9.17, 15) is 8.42 Å². The largest absolute Gasteiger partial charge is 0.396 e. The number of rotatable bonds is 3. The molecular weight excluding hydrogens is 323 g/mol. The van der Waals surface area contributed by atoms with E-state index in [1.165, 1.54) is 18.3 Å². The molecule has 6 nitrogen and oxygen atoms in total. The maximum atomic E-state index is 12.2. The number of hydrogen-bond acceptors (Lipinski definition) is 5. The van der Waals surface area contributed by atoms with Gasteiger partial charge in [-0.05, 0) is 25.1 Å². The molecule has 2 rings (SSSR count). The zero-order valence-electron chi connectivity index (χ0n) is 10.3. The van der Waals surface area contributed by atoms with Gasteiger partial charge < -0.3 is 5.73 Å². The average Bonchev–Trinajstić information content (AvgIpc) is 2.34. The summed E-state index contributed by atoms with van der Waals surface area (Å²) >= 11 is 11.6. The number of benzene rings is 1. The van der Waals surface area contributed by atoms with E-state index in [0.29, 0.717) is 5.69 Å². The molecule has 0 aliphatic rings. The zero-order valence-corrected chi connectivity index (χ0v) is 12.6. The van der Waals surface area contributed by atoms with Gasteiger partial charge in [0.25, 0.3) is 10.0 Å². The number of sulfonamides is 1. The molecule has 3 N–H and O–H groups in total. The van der Waals surface area contributed by atoms with Crippen molar-refractivity contribution in [3.05, 3.63) is 40.1 Å². The summed E-state index contributed by atoms with van der Waals surface area (Å²) in [6.45, 7) is 1.72. The monoisotopic (exact) mass is 332 g/mol. The second-order valence-electron chi connectivity index (χ2n) is 3.93. The minimum Gasteiger partial charge on any atom is -0.396 e. The Morgan fingerprint density at radius 2 is 1.85 bits per heavy atom. The lowest BCUT2D eigenvalue weighted by molar-refractivity contribution is 0.601. The molecule has 2 aromatic rings. The van der Waals surface area contributed by atoms with E-state index in [0.717, 1.165) is 0 Å². The van der Waals surface area contributed by atoms with Crippen LogP contribution in [-0.2, 0) is 10.0 Å². The second-order valence-corrected chi connectivity index (χ2v) is 6.42. The fourth-order valence-electron chi connectivity index (χ4n) is 1.39. The fourth-order valence-corrected chi connectivity index (χ4v) is 3.01. The van der Waals surface area contributed by atoms with E-state index in [1.807, 2.05) is 0 Å². The topological polar surface area (TPSA) is 98.0 Å². The molecule has 1 aromatic heterocycles. The lowest BCUT2D eigenvalue weighted by atomic mass is 10.3. The number of nitrogen functional groups attached to an aromatic ring is 1. The Bertz CT molecular complexity index is 742. The van der Waals surface area contributed by atoms with Crippen LogP contribution in [0.3, 0.4) is 0 Å². The van der Waals surface area contributed by atoms with Crippen molar-refractivity contribution in [3.63, 3.8) is 0 Å². The van der Waals surface area contributed by atoms with Crippen LogP contribution in [0, 0.1) is 6.92 Å². The number of aromatic nitrogens is 2. The summed E-state index contributed by atoms with van der Waals surface area (Å²) in [6, 6.07) is 4.07. The highest BCUT2D eigenvalue weighted by molar-refractivity contribution is 7.92. The molecule has 1 aromatic carbocycles. The Labute approximate surface area is 126 Å². The van der Waals surface area contributed by atoms with Gasteiger partial charge in [0.15, 0.2) is 0 Å². The number of halogens is 2. The molecule has 0 aliphatic carbocycles. The average molecular weight is 333 g/mol. The first-order chi connectivity index (χ1) is 9.29. The van der Waals surface area contributed by atoms with Gasteiger partial charge in [-0.2, -0.15) is 0 Å². The maximum Gasteiger partial charge on any atom is 0.264 e. The second kappa shape index (κ2) is 5.43. The standard InChI is InChI=1S/C11H10Cl2N4O2S/c1-6-2-3-15-11(16-6)17-20(18,19)7-4-8(12)10(14)9(13)5-7/h2-5H,14H2,1H3,(H,15,16,17). The van der Waals surface area contributed by atoms with E-state index in [1.54, 1.807) is 13.0 Å². The van der Waals surface area contributed by atoms with Crippen LogP contribution in [0.2, 0.25) is 10.0 Å². The smallest absolute Gasteiger partial charge is 0.264 e. The molecule has 0 saturated heterocycles. The SMILES string of the molecule is Cc1ccnc(NS(=O)(=O)c2cc(Cl)c(N)c(Cl)c2)n1. The quantitative estimate of drug-likeness (QED) is 0.841. The molecule has 0 amide bonds. The maximum absolute atomic E-state index is 12.2. The van der Waals surface area contributed by atoms with Crippen molar-refractivity contribution >= 4 is 44.9 Å². The number of nitrogens with two attached hydrogens (primary N) is 1. The summed E-state index contributed by atoms with van der Waals surface area (Å²) in [5.41, 5.74) is 6.32. The first kappa shape index (κ1) is 14.8. The highest BCUT2D eigenvalue weighted by Crippen LogP contribution is 2.31. The van der Waals surface area contributed by atoms with Crippen LogP contribution in [-0.4, -0.2) is 18.4 Å². The van der Waals surface area contributed by atoms with Gasteiger partial charge in [-0.3, -0.25) is 0 Å². The van der Waals surface area contributed by atoms with E-state index in [-0.39, 0.29) is 26.6 Å². The third kappa shape index (κ3) is 3.12. The van der Waals surface area contributed by atoms with Gasteiger partial charge in [-0.1, -0.05) is 23.2 Å². The van der Waals surface area contributed by atoms with Crippen molar-refractivity contribution in [2.75, 3.05) is 10.5 Å². The van der Waals surface area contributed by atoms with Gasteiger partial charge in [-0.25, -0.2) is 23.1 Å². The molecule has 20 heavy (non-hydrogen) atoms. The van der Waals surface area contributed by atoms with Crippen molar-refractivity contribution in [1.29, 1.82) is 0 Å². The van der Waals surface area contributed by atoms with Crippen molar-refractivity contribution in [1.82, 2.24) is 9.97 Å². The molecular formula is C11H10Cl2N4O2S. The summed E-state index contributed by atoms with van der Waals surface area (Å²) in [5, 5.41) is 0.117. The van der Waals surface area contributed by atoms with E-state index in [4.69, 9.17) is 28.9 Å². The zero-order chi connectivity index (χ0) is 14.9. The molecule has 9 heteroatoms. The van der Waals surface area contributed by atoms with Crippen LogP contribution in [0.15, 0.2) is 29.3 Å². The van der Waals surface area contributed by atoms with Gasteiger partial charge in [0.2, 0.25) is 5.95 Å². The third-order valence-corrected chi connectivity index (χ3v) is 4.32. The summed E-state index contributed by atoms with van der Waals surface area (Å²) in [5.74, 6) is -0.0333. The van der Waals surface area contributed by atoms with Crippen LogP contribution in [0.1, 0.15) is 5.69 Å². The number of anilines is 2. The first-order valence-corrected chi connectivity index (χ1v) is 7.60. The van der Waals surface area contributed by atoms with Crippen molar-refractivity contribution in [2.45, 2.75) is 11.8 Å². The summed E-state index contributed by atoms with van der Waals surface area (Å²) in [4.78, 5) is 7.66. The Balaban J connectivity index is 2.41. The van der Waals surface area contributed by atoms with Gasteiger partial charge >= 0.3 is 0 Å². The predicted molar refractivity (Wildman–Crippen MR) is 78.5 cm³/mol. The van der Waals surface area contributed by atoms with Crippen LogP contribution >= 0.6 is 23.2 Å². The van der Waals surface area contributed by atoms with Crippen LogP contribution < -0.4 is 10.5 Å². The molecule has 0 spiro atoms. The molecule has 106 valence electrons. The predicted octanol–water partition coefficient (Wildman–Crippen LogP) is 2.47. The van der Waals surface area contributed by atoms with E-state index in [2.05, 4.69) is 14.7 Å². The lowest BCUT2D eigenvalue weighted by Gasteiger charge is -2.09. The van der Waals surface area contributed by atoms with Crippen molar-refractivity contribution < 1.29 is 8.42 Å². The van der Waals surface area contributed by atoms with E-state index < -0.39 is 10.0 Å². The van der Waals surface area contributed by atoms with Gasteiger partial charge in [0, 0.05) is 11.9 Å². The summed E-state index contributed by atoms with van der Waals surface area (Å²) < 4.78 is 26.6. The van der Waals surface area contributed by atoms with Crippen LogP contribution in [0.5, 0.6) is 0 Å². The molecule has 0 radical (unpaired) electrons. The highest BCUT2D eigenvalue weighted by Gasteiger charge is 2.18. The number of hydrogen-bond donors (Lipinski definition) is 2. The number of nitrogens with one attached hydrogen (secondary N) is 1. The molecule has 0 bridgehead atoms. The summed E-state index contributed by atoms with van der Waals surface area (Å²) in [6.07, 6.45) is 1.45. The lowest BCUT2D eigenvalue weighted by Crippen LogP contribution is -2.15. The van der Waals surface area contributed by atoms with E-state index >= 15 is 0 Å². The number of aryl methyl sites for hydroxylation is 1. The van der Waals surface area contributed by atoms with Crippen LogP contribution in [0.4, 0.5) is 11.6 Å². The van der Waals surface area contributed by atoms with Crippen molar-refractivity contribution in [2.24, 2.45) is 0 Å². The molecule has 0 aliphatic heterocycles. The molecule has 0 atom stereocenters. The van der Waals surface area contributed by atoms with Gasteiger partial charge in [0.1, 0.15) is 0 Å². The Kier molecular flexibility index (Phi) is 4.03. The fraction of sp³-hybridized carbons (Fsp3) is 0.0909. The minimum absolute atomic E-state index is 0.0333. The first-order valence-electron chi connectivity index (χ1n) is 5.36. The Morgan fingerprint density at radius 1 is 1.25 bits per heavy atom. The third-order valence-electron chi connectivity index (χ3n) is 2.38. The van der Waals surface area contributed by atoms with Crippen LogP contribution in [0.25, 0.3) is 0 Å². The van der Waals surface area contributed by atoms with Crippen molar-refractivity contribution in [3.8, 4) is 0 Å². The van der Waals surface area contributed by atoms with Gasteiger partial charge in [0.05, 0.1) is 20.6 Å². The Hall–Kier alpha value is -1.57. The Morgan fingerprint density at radius 3 is 2.40 bits per heavy atom. The van der Waals surface area contributed by atoms with Gasteiger partial charge in [-0.15, -0.1) is 0 Å². The summed E-state index contributed by atoms with van der Waals surface area (Å²) in [7, 11) is -3.89. The molecule has 0 unspecified atom stereocenters. The molecule has 0 saturated carbocycles. The minimum atomic E-state index is -3.89. The number of nitrogens with zero attached hydrogens (tertiary/aromatic N) is 2. The molecule has 0 fully saturated rings. The molecule has 1 heterocycles. The normalized spacial score (nSPS) is 11.3.